The molecule has 0 aromatic heterocycles. The van der Waals surface area contributed by atoms with Crippen LogP contribution in [-0.2, 0) is 9.53 Å². The summed E-state index contributed by atoms with van der Waals surface area (Å²) in [6.45, 7) is 4.09. The van der Waals surface area contributed by atoms with Crippen molar-refractivity contribution in [3.05, 3.63) is 34.9 Å². The minimum atomic E-state index is -0.213. The number of benzene rings is 1. The smallest absolute Gasteiger partial charge is 0.311 e. The SMILES string of the molecule is COC(=O)C[C@@H]([NH3+])c1ccc(C)cc1C. The van der Waals surface area contributed by atoms with Crippen LogP contribution in [0, 0.1) is 13.8 Å². The number of methoxy groups -OCH3 is 1. The normalized spacial score (nSPS) is 12.3. The number of esters is 1. The number of hydrogen-bond donors (Lipinski definition) is 1. The van der Waals surface area contributed by atoms with Crippen LogP contribution in [0.15, 0.2) is 18.2 Å². The first-order valence-electron chi connectivity index (χ1n) is 5.01. The number of quaternary nitrogens is 1. The Hall–Kier alpha value is -1.35. The summed E-state index contributed by atoms with van der Waals surface area (Å²) >= 11 is 0. The van der Waals surface area contributed by atoms with Crippen molar-refractivity contribution in [3.8, 4) is 0 Å². The molecule has 0 saturated carbocycles. The van der Waals surface area contributed by atoms with Gasteiger partial charge in [-0.25, -0.2) is 0 Å². The molecular weight excluding hydrogens is 190 g/mol. The fourth-order valence-electron chi connectivity index (χ4n) is 1.68. The molecule has 0 aliphatic carbocycles. The Balaban J connectivity index is 2.82. The van der Waals surface area contributed by atoms with E-state index < -0.39 is 0 Å². The summed E-state index contributed by atoms with van der Waals surface area (Å²) < 4.78 is 4.63. The first-order valence-corrected chi connectivity index (χ1v) is 5.01. The quantitative estimate of drug-likeness (QED) is 0.757. The molecule has 0 aliphatic rings. The molecule has 3 nitrogen and oxygen atoms in total. The zero-order chi connectivity index (χ0) is 11.4. The van der Waals surface area contributed by atoms with Gasteiger partial charge in [0.1, 0.15) is 12.5 Å². The molecule has 0 fully saturated rings. The van der Waals surface area contributed by atoms with Crippen LogP contribution >= 0.6 is 0 Å². The Labute approximate surface area is 90.2 Å². The minimum absolute atomic E-state index is 0.0296. The molecule has 0 heterocycles. The summed E-state index contributed by atoms with van der Waals surface area (Å²) in [5.74, 6) is -0.213. The summed E-state index contributed by atoms with van der Waals surface area (Å²) in [7, 11) is 1.40. The van der Waals surface area contributed by atoms with Crippen LogP contribution in [0.1, 0.15) is 29.2 Å². The van der Waals surface area contributed by atoms with Crippen molar-refractivity contribution in [2.45, 2.75) is 26.3 Å². The highest BCUT2D eigenvalue weighted by Gasteiger charge is 2.16. The van der Waals surface area contributed by atoms with Crippen molar-refractivity contribution in [2.24, 2.45) is 0 Å². The van der Waals surface area contributed by atoms with Crippen molar-refractivity contribution < 1.29 is 15.3 Å². The molecule has 15 heavy (non-hydrogen) atoms. The summed E-state index contributed by atoms with van der Waals surface area (Å²) in [6.07, 6.45) is 0.334. The number of carbonyl (C=O) groups is 1. The Kier molecular flexibility index (Phi) is 3.86. The number of rotatable bonds is 3. The highest BCUT2D eigenvalue weighted by molar-refractivity contribution is 5.70. The largest absolute Gasteiger partial charge is 0.469 e. The van der Waals surface area contributed by atoms with Crippen molar-refractivity contribution >= 4 is 5.97 Å². The molecule has 0 unspecified atom stereocenters. The maximum atomic E-state index is 11.1. The zero-order valence-electron chi connectivity index (χ0n) is 9.54. The lowest BCUT2D eigenvalue weighted by Crippen LogP contribution is -2.54. The average Bonchev–Trinajstić information content (AvgIpc) is 2.17. The van der Waals surface area contributed by atoms with Crippen molar-refractivity contribution in [1.29, 1.82) is 0 Å². The summed E-state index contributed by atoms with van der Waals surface area (Å²) in [5, 5.41) is 0. The van der Waals surface area contributed by atoms with Gasteiger partial charge in [-0.1, -0.05) is 23.8 Å². The van der Waals surface area contributed by atoms with E-state index in [4.69, 9.17) is 0 Å². The molecule has 1 aromatic rings. The zero-order valence-corrected chi connectivity index (χ0v) is 9.54. The Morgan fingerprint density at radius 3 is 2.67 bits per heavy atom. The van der Waals surface area contributed by atoms with Crippen LogP contribution in [0.25, 0.3) is 0 Å². The van der Waals surface area contributed by atoms with E-state index in [0.717, 1.165) is 5.56 Å². The second kappa shape index (κ2) is 4.94. The molecule has 1 atom stereocenters. The van der Waals surface area contributed by atoms with Crippen molar-refractivity contribution in [1.82, 2.24) is 0 Å². The second-order valence-electron chi connectivity index (χ2n) is 3.84. The summed E-state index contributed by atoms with van der Waals surface area (Å²) in [4.78, 5) is 11.1. The molecule has 0 bridgehead atoms. The van der Waals surface area contributed by atoms with E-state index in [1.807, 2.05) is 19.1 Å². The fourth-order valence-corrected chi connectivity index (χ4v) is 1.68. The molecule has 3 heteroatoms. The van der Waals surface area contributed by atoms with Gasteiger partial charge in [0.15, 0.2) is 0 Å². The predicted octanol–water partition coefficient (Wildman–Crippen LogP) is 1.15. The molecule has 0 amide bonds. The van der Waals surface area contributed by atoms with E-state index in [1.165, 1.54) is 18.2 Å². The Morgan fingerprint density at radius 2 is 2.13 bits per heavy atom. The first kappa shape index (κ1) is 11.7. The second-order valence-corrected chi connectivity index (χ2v) is 3.84. The number of aryl methyl sites for hydroxylation is 2. The fraction of sp³-hybridized carbons (Fsp3) is 0.417. The molecule has 82 valence electrons. The van der Waals surface area contributed by atoms with Gasteiger partial charge in [0, 0.05) is 5.56 Å². The number of carbonyl (C=O) groups excluding carboxylic acids is 1. The van der Waals surface area contributed by atoms with Crippen LogP contribution in [-0.4, -0.2) is 13.1 Å². The van der Waals surface area contributed by atoms with Gasteiger partial charge >= 0.3 is 5.97 Å². The van der Waals surface area contributed by atoms with Crippen LogP contribution < -0.4 is 5.73 Å². The van der Waals surface area contributed by atoms with Crippen LogP contribution in [0.2, 0.25) is 0 Å². The van der Waals surface area contributed by atoms with Gasteiger partial charge in [-0.2, -0.15) is 0 Å². The van der Waals surface area contributed by atoms with E-state index in [-0.39, 0.29) is 12.0 Å². The molecule has 0 saturated heterocycles. The lowest BCUT2D eigenvalue weighted by Gasteiger charge is -2.11. The summed E-state index contributed by atoms with van der Waals surface area (Å²) in [6, 6.07) is 6.14. The van der Waals surface area contributed by atoms with Crippen LogP contribution in [0.3, 0.4) is 0 Å². The van der Waals surface area contributed by atoms with E-state index >= 15 is 0 Å². The van der Waals surface area contributed by atoms with E-state index in [0.29, 0.717) is 6.42 Å². The molecule has 0 radical (unpaired) electrons. The number of hydrogen-bond acceptors (Lipinski definition) is 2. The Morgan fingerprint density at radius 1 is 1.47 bits per heavy atom. The monoisotopic (exact) mass is 208 g/mol. The van der Waals surface area contributed by atoms with Crippen LogP contribution in [0.4, 0.5) is 0 Å². The van der Waals surface area contributed by atoms with E-state index in [1.54, 1.807) is 0 Å². The maximum absolute atomic E-state index is 11.1. The van der Waals surface area contributed by atoms with Gasteiger partial charge in [-0.3, -0.25) is 4.79 Å². The average molecular weight is 208 g/mol. The standard InChI is InChI=1S/C12H17NO2/c1-8-4-5-10(9(2)6-8)11(13)7-12(14)15-3/h4-6,11H,7,13H2,1-3H3/p+1/t11-/m1/s1. The van der Waals surface area contributed by atoms with Gasteiger partial charge < -0.3 is 10.5 Å². The third-order valence-corrected chi connectivity index (χ3v) is 2.51. The molecule has 0 aliphatic heterocycles. The predicted molar refractivity (Wildman–Crippen MR) is 58.2 cm³/mol. The highest BCUT2D eigenvalue weighted by atomic mass is 16.5. The lowest BCUT2D eigenvalue weighted by molar-refractivity contribution is -0.425. The maximum Gasteiger partial charge on any atom is 0.311 e. The van der Waals surface area contributed by atoms with Crippen molar-refractivity contribution in [3.63, 3.8) is 0 Å². The topological polar surface area (TPSA) is 53.9 Å². The van der Waals surface area contributed by atoms with Crippen molar-refractivity contribution in [2.75, 3.05) is 7.11 Å². The number of ether oxygens (including phenoxy) is 1. The molecule has 1 rings (SSSR count). The van der Waals surface area contributed by atoms with E-state index in [9.17, 15) is 4.79 Å². The van der Waals surface area contributed by atoms with Gasteiger partial charge in [0.25, 0.3) is 0 Å². The minimum Gasteiger partial charge on any atom is -0.469 e. The van der Waals surface area contributed by atoms with E-state index in [2.05, 4.69) is 23.5 Å². The lowest BCUT2D eigenvalue weighted by atomic mass is 9.98. The first-order chi connectivity index (χ1) is 7.04. The molecular formula is C12H18NO2+. The Bertz CT molecular complexity index is 361. The van der Waals surface area contributed by atoms with Gasteiger partial charge in [-0.15, -0.1) is 0 Å². The third-order valence-electron chi connectivity index (χ3n) is 2.51. The summed E-state index contributed by atoms with van der Waals surface area (Å²) in [5.41, 5.74) is 7.51. The van der Waals surface area contributed by atoms with Gasteiger partial charge in [0.2, 0.25) is 0 Å². The van der Waals surface area contributed by atoms with Crippen LogP contribution in [0.5, 0.6) is 0 Å². The third kappa shape index (κ3) is 3.06. The molecule has 1 aromatic carbocycles. The molecule has 3 N–H and O–H groups in total. The van der Waals surface area contributed by atoms with Gasteiger partial charge in [-0.05, 0) is 19.4 Å². The van der Waals surface area contributed by atoms with Gasteiger partial charge in [0.05, 0.1) is 7.11 Å². The molecule has 0 spiro atoms. The highest BCUT2D eigenvalue weighted by Crippen LogP contribution is 2.18.